The summed E-state index contributed by atoms with van der Waals surface area (Å²) in [4.78, 5) is 15.4. The molecular weight excluding hydrogens is 188 g/mol. The van der Waals surface area contributed by atoms with E-state index in [-0.39, 0.29) is 5.78 Å². The van der Waals surface area contributed by atoms with Gasteiger partial charge in [0.15, 0.2) is 0 Å². The molecule has 1 aromatic rings. The van der Waals surface area contributed by atoms with Gasteiger partial charge in [-0.05, 0) is 25.0 Å². The van der Waals surface area contributed by atoms with Gasteiger partial charge in [-0.3, -0.25) is 9.78 Å². The normalized spacial score (nSPS) is 19.5. The number of carbonyl (C=O) groups excluding carboxylic acids is 1. The van der Waals surface area contributed by atoms with Crippen LogP contribution in [0.3, 0.4) is 0 Å². The van der Waals surface area contributed by atoms with Crippen LogP contribution in [0, 0.1) is 11.3 Å². The second kappa shape index (κ2) is 3.82. The molecule has 1 aliphatic carbocycles. The first-order chi connectivity index (χ1) is 7.27. The third kappa shape index (κ3) is 1.75. The summed E-state index contributed by atoms with van der Waals surface area (Å²) in [6, 6.07) is 7.94. The average Bonchev–Trinajstić information content (AvgIpc) is 2.32. The Hall–Kier alpha value is -1.69. The van der Waals surface area contributed by atoms with Crippen LogP contribution in [0.15, 0.2) is 24.4 Å². The largest absolute Gasteiger partial charge is 0.300 e. The molecule has 0 aromatic carbocycles. The highest BCUT2D eigenvalue weighted by molar-refractivity contribution is 5.79. The monoisotopic (exact) mass is 200 g/mol. The number of hydrogen-bond acceptors (Lipinski definition) is 3. The third-order valence-corrected chi connectivity index (χ3v) is 3.03. The van der Waals surface area contributed by atoms with Crippen LogP contribution >= 0.6 is 0 Å². The fraction of sp³-hybridized carbons (Fsp3) is 0.417. The number of carbonyl (C=O) groups is 1. The molecule has 76 valence electrons. The van der Waals surface area contributed by atoms with E-state index in [4.69, 9.17) is 0 Å². The van der Waals surface area contributed by atoms with Crippen LogP contribution in [0.5, 0.6) is 0 Å². The van der Waals surface area contributed by atoms with Crippen molar-refractivity contribution in [3.63, 3.8) is 0 Å². The molecule has 1 aliphatic rings. The Morgan fingerprint density at radius 3 is 2.60 bits per heavy atom. The maximum Gasteiger partial charge on any atom is 0.133 e. The number of hydrogen-bond donors (Lipinski definition) is 0. The van der Waals surface area contributed by atoms with E-state index in [1.54, 1.807) is 6.20 Å². The number of Topliss-reactive ketones (excluding diaryl/α,β-unsaturated/α-hetero) is 1. The summed E-state index contributed by atoms with van der Waals surface area (Å²) in [5.74, 6) is 0.261. The van der Waals surface area contributed by atoms with Gasteiger partial charge in [-0.15, -0.1) is 0 Å². The molecule has 0 bridgehead atoms. The van der Waals surface area contributed by atoms with Crippen molar-refractivity contribution in [1.29, 1.82) is 5.26 Å². The van der Waals surface area contributed by atoms with Crippen molar-refractivity contribution in [2.45, 2.75) is 31.1 Å². The minimum atomic E-state index is -0.533. The van der Waals surface area contributed by atoms with E-state index in [1.165, 1.54) is 0 Å². The van der Waals surface area contributed by atoms with Crippen molar-refractivity contribution < 1.29 is 4.79 Å². The minimum Gasteiger partial charge on any atom is -0.300 e. The third-order valence-electron chi connectivity index (χ3n) is 3.03. The number of aromatic nitrogens is 1. The summed E-state index contributed by atoms with van der Waals surface area (Å²) >= 11 is 0. The molecule has 3 heteroatoms. The van der Waals surface area contributed by atoms with E-state index in [1.807, 2.05) is 18.2 Å². The van der Waals surface area contributed by atoms with Crippen LogP contribution in [-0.2, 0) is 10.2 Å². The highest BCUT2D eigenvalue weighted by atomic mass is 16.1. The molecule has 3 nitrogen and oxygen atoms in total. The fourth-order valence-corrected chi connectivity index (χ4v) is 2.03. The number of ketones is 1. The van der Waals surface area contributed by atoms with Crippen LogP contribution in [0.4, 0.5) is 0 Å². The van der Waals surface area contributed by atoms with Crippen LogP contribution in [0.25, 0.3) is 0 Å². The molecular formula is C12H12N2O. The van der Waals surface area contributed by atoms with Gasteiger partial charge in [-0.25, -0.2) is 0 Å². The lowest BCUT2D eigenvalue weighted by Crippen LogP contribution is -2.31. The molecule has 1 heterocycles. The molecule has 0 radical (unpaired) electrons. The topological polar surface area (TPSA) is 53.8 Å². The van der Waals surface area contributed by atoms with Gasteiger partial charge < -0.3 is 0 Å². The molecule has 15 heavy (non-hydrogen) atoms. The maximum atomic E-state index is 11.2. The number of nitrogens with zero attached hydrogens (tertiary/aromatic N) is 2. The summed E-state index contributed by atoms with van der Waals surface area (Å²) < 4.78 is 0. The van der Waals surface area contributed by atoms with Crippen LogP contribution < -0.4 is 0 Å². The van der Waals surface area contributed by atoms with Gasteiger partial charge in [-0.1, -0.05) is 6.07 Å². The van der Waals surface area contributed by atoms with Gasteiger partial charge in [0.2, 0.25) is 0 Å². The van der Waals surface area contributed by atoms with E-state index in [9.17, 15) is 10.1 Å². The van der Waals surface area contributed by atoms with Crippen molar-refractivity contribution in [2.75, 3.05) is 0 Å². The van der Waals surface area contributed by atoms with Crippen molar-refractivity contribution in [3.05, 3.63) is 30.1 Å². The lowest BCUT2D eigenvalue weighted by molar-refractivity contribution is -0.121. The first-order valence-corrected chi connectivity index (χ1v) is 5.11. The van der Waals surface area contributed by atoms with Gasteiger partial charge in [-0.2, -0.15) is 5.26 Å². The molecule has 1 fully saturated rings. The van der Waals surface area contributed by atoms with Crippen molar-refractivity contribution in [3.8, 4) is 6.07 Å². The molecule has 0 saturated heterocycles. The quantitative estimate of drug-likeness (QED) is 0.696. The second-order valence-electron chi connectivity index (χ2n) is 3.95. The zero-order chi connectivity index (χ0) is 10.7. The number of nitriles is 1. The van der Waals surface area contributed by atoms with E-state index in [0.717, 1.165) is 5.69 Å². The van der Waals surface area contributed by atoms with Gasteiger partial charge in [0.1, 0.15) is 11.2 Å². The highest BCUT2D eigenvalue weighted by Gasteiger charge is 2.37. The standard InChI is InChI=1S/C12H12N2O/c13-9-12(6-4-10(15)5-7-12)11-3-1-2-8-14-11/h1-3,8H,4-7H2. The molecule has 1 saturated carbocycles. The lowest BCUT2D eigenvalue weighted by Gasteiger charge is -2.29. The highest BCUT2D eigenvalue weighted by Crippen LogP contribution is 2.36. The average molecular weight is 200 g/mol. The van der Waals surface area contributed by atoms with E-state index < -0.39 is 5.41 Å². The molecule has 1 aromatic heterocycles. The molecule has 2 rings (SSSR count). The summed E-state index contributed by atoms with van der Waals surface area (Å²) in [7, 11) is 0. The van der Waals surface area contributed by atoms with Crippen molar-refractivity contribution in [2.24, 2.45) is 0 Å². The SMILES string of the molecule is N#CC1(c2ccccn2)CCC(=O)CC1. The predicted molar refractivity (Wildman–Crippen MR) is 55.0 cm³/mol. The summed E-state index contributed by atoms with van der Waals surface area (Å²) in [6.07, 6.45) is 3.93. The Kier molecular flexibility index (Phi) is 2.51. The molecule has 0 atom stereocenters. The Morgan fingerprint density at radius 2 is 2.07 bits per heavy atom. The fourth-order valence-electron chi connectivity index (χ4n) is 2.03. The maximum absolute atomic E-state index is 11.2. The first-order valence-electron chi connectivity index (χ1n) is 5.11. The second-order valence-corrected chi connectivity index (χ2v) is 3.95. The number of rotatable bonds is 1. The molecule has 0 aliphatic heterocycles. The molecule has 0 N–H and O–H groups in total. The lowest BCUT2D eigenvalue weighted by atomic mass is 9.72. The van der Waals surface area contributed by atoms with Gasteiger partial charge in [0.25, 0.3) is 0 Å². The molecule has 0 unspecified atom stereocenters. The van der Waals surface area contributed by atoms with Crippen LogP contribution in [0.1, 0.15) is 31.4 Å². The summed E-state index contributed by atoms with van der Waals surface area (Å²) in [6.45, 7) is 0. The van der Waals surface area contributed by atoms with Gasteiger partial charge in [0, 0.05) is 19.0 Å². The summed E-state index contributed by atoms with van der Waals surface area (Å²) in [5, 5.41) is 9.28. The number of pyridine rings is 1. The molecule has 0 spiro atoms. The summed E-state index contributed by atoms with van der Waals surface area (Å²) in [5.41, 5.74) is 0.273. The van der Waals surface area contributed by atoms with Gasteiger partial charge >= 0.3 is 0 Å². The zero-order valence-corrected chi connectivity index (χ0v) is 8.44. The smallest absolute Gasteiger partial charge is 0.133 e. The van der Waals surface area contributed by atoms with Crippen molar-refractivity contribution in [1.82, 2.24) is 4.98 Å². The Balaban J connectivity index is 2.32. The minimum absolute atomic E-state index is 0.261. The van der Waals surface area contributed by atoms with Crippen LogP contribution in [0.2, 0.25) is 0 Å². The van der Waals surface area contributed by atoms with E-state index in [2.05, 4.69) is 11.1 Å². The van der Waals surface area contributed by atoms with E-state index >= 15 is 0 Å². The predicted octanol–water partition coefficient (Wildman–Crippen LogP) is 1.99. The van der Waals surface area contributed by atoms with Crippen LogP contribution in [-0.4, -0.2) is 10.8 Å². The van der Waals surface area contributed by atoms with Crippen molar-refractivity contribution >= 4 is 5.78 Å². The Bertz CT molecular complexity index is 395. The first kappa shape index (κ1) is 9.85. The zero-order valence-electron chi connectivity index (χ0n) is 8.44. The molecule has 0 amide bonds. The Morgan fingerprint density at radius 1 is 1.33 bits per heavy atom. The van der Waals surface area contributed by atoms with Gasteiger partial charge in [0.05, 0.1) is 11.8 Å². The Labute approximate surface area is 88.8 Å². The van der Waals surface area contributed by atoms with E-state index in [0.29, 0.717) is 25.7 Å².